The fourth-order valence-corrected chi connectivity index (χ4v) is 4.61. The number of aliphatic carboxylic acids is 1. The number of benzene rings is 2. The average molecular weight is 521 g/mol. The Morgan fingerprint density at radius 2 is 1.87 bits per heavy atom. The van der Waals surface area contributed by atoms with Crippen molar-refractivity contribution in [1.82, 2.24) is 10.6 Å². The molecule has 1 atom stereocenters. The second-order valence-electron chi connectivity index (χ2n) is 10.2. The number of carbonyl (C=O) groups is 3. The van der Waals surface area contributed by atoms with Crippen molar-refractivity contribution in [2.75, 3.05) is 6.54 Å². The van der Waals surface area contributed by atoms with Crippen LogP contribution in [-0.4, -0.2) is 35.0 Å². The van der Waals surface area contributed by atoms with Crippen molar-refractivity contribution < 1.29 is 28.6 Å². The molecule has 2 aromatic carbocycles. The van der Waals surface area contributed by atoms with Gasteiger partial charge in [-0.05, 0) is 62.8 Å². The maximum Gasteiger partial charge on any atom is 0.340 e. The molecule has 0 fully saturated rings. The van der Waals surface area contributed by atoms with E-state index in [9.17, 15) is 19.2 Å². The number of hydrogen-bond donors (Lipinski definition) is 3. The number of carboxylic acid groups (broad SMARTS) is 1. The first kappa shape index (κ1) is 26.9. The zero-order valence-electron chi connectivity index (χ0n) is 21.8. The molecule has 3 N–H and O–H groups in total. The van der Waals surface area contributed by atoms with Crippen molar-refractivity contribution in [3.8, 4) is 5.75 Å². The van der Waals surface area contributed by atoms with Crippen LogP contribution in [0, 0.1) is 6.92 Å². The van der Waals surface area contributed by atoms with Gasteiger partial charge in [-0.15, -0.1) is 0 Å². The highest BCUT2D eigenvalue weighted by Crippen LogP contribution is 2.36. The number of amides is 2. The van der Waals surface area contributed by atoms with E-state index < -0.39 is 29.5 Å². The number of hydrogen-bond acceptors (Lipinski definition) is 6. The summed E-state index contributed by atoms with van der Waals surface area (Å²) in [5, 5.41) is 14.9. The van der Waals surface area contributed by atoms with Crippen molar-refractivity contribution in [3.63, 3.8) is 0 Å². The Balaban J connectivity index is 1.55. The van der Waals surface area contributed by atoms with E-state index in [1.54, 1.807) is 43.3 Å². The zero-order chi connectivity index (χ0) is 27.4. The Morgan fingerprint density at radius 3 is 2.58 bits per heavy atom. The largest absolute Gasteiger partial charge is 0.487 e. The van der Waals surface area contributed by atoms with Crippen LogP contribution in [0.25, 0.3) is 11.0 Å². The molecule has 1 aliphatic heterocycles. The molecule has 1 aliphatic rings. The topological polar surface area (TPSA) is 135 Å². The fourth-order valence-electron chi connectivity index (χ4n) is 4.61. The smallest absolute Gasteiger partial charge is 0.340 e. The summed E-state index contributed by atoms with van der Waals surface area (Å²) in [7, 11) is 0. The van der Waals surface area contributed by atoms with Crippen LogP contribution >= 0.6 is 0 Å². The summed E-state index contributed by atoms with van der Waals surface area (Å²) in [5.74, 6) is -1.24. The highest BCUT2D eigenvalue weighted by Gasteiger charge is 2.28. The molecule has 200 valence electrons. The SMILES string of the molecule is Cc1c(CC(=O)NC(C(=O)NCCCC(=O)O)c2ccccc2)c(=O)oc2cc3c(cc12)CCC(C)(C)O3. The van der Waals surface area contributed by atoms with E-state index in [2.05, 4.69) is 10.6 Å². The van der Waals surface area contributed by atoms with Gasteiger partial charge in [0.05, 0.1) is 12.0 Å². The maximum absolute atomic E-state index is 13.1. The summed E-state index contributed by atoms with van der Waals surface area (Å²) in [4.78, 5) is 49.6. The number of aryl methyl sites for hydroxylation is 2. The van der Waals surface area contributed by atoms with Crippen LogP contribution in [0.15, 0.2) is 51.7 Å². The van der Waals surface area contributed by atoms with Gasteiger partial charge >= 0.3 is 11.6 Å². The van der Waals surface area contributed by atoms with Crippen LogP contribution in [0.2, 0.25) is 0 Å². The number of carbonyl (C=O) groups excluding carboxylic acids is 2. The van der Waals surface area contributed by atoms with Crippen molar-refractivity contribution in [2.45, 2.75) is 64.5 Å². The molecular formula is C29H32N2O7. The van der Waals surface area contributed by atoms with Gasteiger partial charge in [-0.1, -0.05) is 30.3 Å². The molecule has 3 aromatic rings. The van der Waals surface area contributed by atoms with Crippen LogP contribution in [0.4, 0.5) is 0 Å². The van der Waals surface area contributed by atoms with E-state index in [1.807, 2.05) is 19.9 Å². The second-order valence-corrected chi connectivity index (χ2v) is 10.2. The molecule has 2 amide bonds. The van der Waals surface area contributed by atoms with E-state index in [4.69, 9.17) is 14.3 Å². The molecule has 9 nitrogen and oxygen atoms in total. The van der Waals surface area contributed by atoms with Gasteiger partial charge < -0.3 is 24.9 Å². The Morgan fingerprint density at radius 1 is 1.13 bits per heavy atom. The molecule has 0 spiro atoms. The first-order chi connectivity index (χ1) is 18.0. The first-order valence-electron chi connectivity index (χ1n) is 12.7. The summed E-state index contributed by atoms with van der Waals surface area (Å²) in [5.41, 5.74) is 1.94. The van der Waals surface area contributed by atoms with Crippen molar-refractivity contribution >= 4 is 28.8 Å². The van der Waals surface area contributed by atoms with Gasteiger partial charge in [-0.2, -0.15) is 0 Å². The van der Waals surface area contributed by atoms with E-state index in [-0.39, 0.29) is 37.0 Å². The minimum absolute atomic E-state index is 0.0766. The minimum Gasteiger partial charge on any atom is -0.487 e. The van der Waals surface area contributed by atoms with Crippen LogP contribution in [0.3, 0.4) is 0 Å². The third-order valence-corrected chi connectivity index (χ3v) is 6.76. The van der Waals surface area contributed by atoms with Crippen LogP contribution in [0.1, 0.15) is 61.4 Å². The van der Waals surface area contributed by atoms with Crippen LogP contribution in [0.5, 0.6) is 5.75 Å². The number of fused-ring (bicyclic) bond motifs is 2. The van der Waals surface area contributed by atoms with Gasteiger partial charge in [0.15, 0.2) is 0 Å². The highest BCUT2D eigenvalue weighted by molar-refractivity contribution is 5.90. The number of nitrogens with one attached hydrogen (secondary N) is 2. The minimum atomic E-state index is -1.01. The molecule has 1 aromatic heterocycles. The Kier molecular flexibility index (Phi) is 7.85. The monoisotopic (exact) mass is 520 g/mol. The van der Waals surface area contributed by atoms with E-state index in [0.717, 1.165) is 23.8 Å². The summed E-state index contributed by atoms with van der Waals surface area (Å²) in [6.45, 7) is 5.97. The van der Waals surface area contributed by atoms with Gasteiger partial charge in [0.1, 0.15) is 23.0 Å². The lowest BCUT2D eigenvalue weighted by atomic mass is 9.92. The van der Waals surface area contributed by atoms with Crippen LogP contribution < -0.4 is 21.0 Å². The molecule has 0 aliphatic carbocycles. The second kappa shape index (κ2) is 11.1. The molecule has 0 bridgehead atoms. The molecule has 4 rings (SSSR count). The molecule has 0 saturated carbocycles. The predicted octanol–water partition coefficient (Wildman–Crippen LogP) is 3.59. The molecule has 0 saturated heterocycles. The lowest BCUT2D eigenvalue weighted by Crippen LogP contribution is -2.41. The molecule has 2 heterocycles. The molecular weight excluding hydrogens is 488 g/mol. The summed E-state index contributed by atoms with van der Waals surface area (Å²) >= 11 is 0. The third-order valence-electron chi connectivity index (χ3n) is 6.76. The van der Waals surface area contributed by atoms with Gasteiger partial charge in [0, 0.05) is 24.4 Å². The maximum atomic E-state index is 13.1. The van der Waals surface area contributed by atoms with Gasteiger partial charge in [-0.25, -0.2) is 4.79 Å². The van der Waals surface area contributed by atoms with Crippen molar-refractivity contribution in [3.05, 3.63) is 75.1 Å². The third kappa shape index (κ3) is 6.22. The molecule has 9 heteroatoms. The lowest BCUT2D eigenvalue weighted by Gasteiger charge is -2.32. The van der Waals surface area contributed by atoms with E-state index in [0.29, 0.717) is 22.5 Å². The van der Waals surface area contributed by atoms with Gasteiger partial charge in [0.25, 0.3) is 0 Å². The Labute approximate surface area is 220 Å². The predicted molar refractivity (Wildman–Crippen MR) is 141 cm³/mol. The quantitative estimate of drug-likeness (QED) is 0.290. The molecule has 38 heavy (non-hydrogen) atoms. The summed E-state index contributed by atoms with van der Waals surface area (Å²) < 4.78 is 11.7. The van der Waals surface area contributed by atoms with Crippen molar-refractivity contribution in [1.29, 1.82) is 0 Å². The molecule has 1 unspecified atom stereocenters. The number of ether oxygens (including phenoxy) is 1. The Hall–Kier alpha value is -4.14. The summed E-state index contributed by atoms with van der Waals surface area (Å²) in [6.07, 6.45) is 1.61. The zero-order valence-corrected chi connectivity index (χ0v) is 21.8. The number of rotatable bonds is 9. The standard InChI is InChI=1S/C29H32N2O7/c1-17-20-14-19-11-12-29(2,3)38-22(19)16-23(20)37-28(36)21(17)15-24(32)31-26(18-8-5-4-6-9-18)27(35)30-13-7-10-25(33)34/h4-6,8-9,14,16,26H,7,10-13,15H2,1-3H3,(H,30,35)(H,31,32)(H,33,34). The van der Waals surface area contributed by atoms with Crippen molar-refractivity contribution in [2.24, 2.45) is 0 Å². The van der Waals surface area contributed by atoms with Gasteiger partial charge in [-0.3, -0.25) is 14.4 Å². The first-order valence-corrected chi connectivity index (χ1v) is 12.7. The number of carboxylic acids is 1. The summed E-state index contributed by atoms with van der Waals surface area (Å²) in [6, 6.07) is 11.4. The van der Waals surface area contributed by atoms with Crippen LogP contribution in [-0.2, 0) is 27.2 Å². The molecule has 0 radical (unpaired) electrons. The lowest BCUT2D eigenvalue weighted by molar-refractivity contribution is -0.137. The Bertz CT molecular complexity index is 1430. The van der Waals surface area contributed by atoms with E-state index in [1.165, 1.54) is 0 Å². The fraction of sp³-hybridized carbons (Fsp3) is 0.379. The normalized spacial score (nSPS) is 14.7. The average Bonchev–Trinajstić information content (AvgIpc) is 2.86. The van der Waals surface area contributed by atoms with E-state index >= 15 is 0 Å². The van der Waals surface area contributed by atoms with Gasteiger partial charge in [0.2, 0.25) is 11.8 Å². The highest BCUT2D eigenvalue weighted by atomic mass is 16.5.